The van der Waals surface area contributed by atoms with Crippen molar-refractivity contribution < 1.29 is 4.79 Å². The number of nitrogens with one attached hydrogen (secondary N) is 3. The molecule has 1 fully saturated rings. The zero-order valence-electron chi connectivity index (χ0n) is 17.6. The quantitative estimate of drug-likeness (QED) is 0.461. The van der Waals surface area contributed by atoms with Crippen LogP contribution in [-0.4, -0.2) is 35.9 Å². The number of rotatable bonds is 5. The van der Waals surface area contributed by atoms with Crippen molar-refractivity contribution >= 4 is 22.6 Å². The van der Waals surface area contributed by atoms with Gasteiger partial charge in [-0.3, -0.25) is 24.5 Å². The van der Waals surface area contributed by atoms with Crippen molar-refractivity contribution in [3.05, 3.63) is 57.3 Å². The lowest BCUT2D eigenvalue weighted by Crippen LogP contribution is -2.17. The molecule has 9 nitrogen and oxygen atoms in total. The van der Waals surface area contributed by atoms with E-state index in [1.165, 1.54) is 12.8 Å². The number of carbonyl (C=O) groups excluding carboxylic acids is 1. The molecule has 1 amide bonds. The molecule has 1 aliphatic rings. The maximum Gasteiger partial charge on any atom is 0.273 e. The van der Waals surface area contributed by atoms with E-state index in [0.29, 0.717) is 28.5 Å². The summed E-state index contributed by atoms with van der Waals surface area (Å²) in [5, 5.41) is 13.5. The van der Waals surface area contributed by atoms with Crippen LogP contribution >= 0.6 is 0 Å². The summed E-state index contributed by atoms with van der Waals surface area (Å²) in [6.07, 6.45) is 2.47. The summed E-state index contributed by atoms with van der Waals surface area (Å²) in [4.78, 5) is 34.0. The highest BCUT2D eigenvalue weighted by atomic mass is 16.1. The Labute approximate surface area is 177 Å². The molecule has 0 aliphatic heterocycles. The van der Waals surface area contributed by atoms with E-state index in [4.69, 9.17) is 0 Å². The first-order valence-corrected chi connectivity index (χ1v) is 10.3. The number of anilines is 1. The maximum atomic E-state index is 12.7. The fourth-order valence-electron chi connectivity index (χ4n) is 3.92. The normalized spacial score (nSPS) is 13.6. The second kappa shape index (κ2) is 7.19. The first kappa shape index (κ1) is 19.2. The summed E-state index contributed by atoms with van der Waals surface area (Å²) >= 11 is 0. The van der Waals surface area contributed by atoms with Crippen LogP contribution in [0, 0.1) is 13.8 Å². The molecule has 1 aromatic carbocycles. The zero-order valence-corrected chi connectivity index (χ0v) is 17.6. The van der Waals surface area contributed by atoms with E-state index in [1.807, 2.05) is 38.1 Å². The molecule has 0 saturated heterocycles. The van der Waals surface area contributed by atoms with Crippen molar-refractivity contribution in [3.63, 3.8) is 0 Å². The first-order chi connectivity index (χ1) is 14.9. The average molecular weight is 417 g/mol. The van der Waals surface area contributed by atoms with Crippen molar-refractivity contribution in [1.82, 2.24) is 29.9 Å². The monoisotopic (exact) mass is 417 g/mol. The van der Waals surface area contributed by atoms with E-state index in [0.717, 1.165) is 28.2 Å². The lowest BCUT2D eigenvalue weighted by molar-refractivity contribution is -0.115. The number of nitrogens with zero attached hydrogens (tertiary/aromatic N) is 4. The van der Waals surface area contributed by atoms with Crippen LogP contribution in [0.3, 0.4) is 0 Å². The van der Waals surface area contributed by atoms with Gasteiger partial charge < -0.3 is 5.32 Å². The van der Waals surface area contributed by atoms with E-state index in [9.17, 15) is 9.59 Å². The number of hydrogen-bond acceptors (Lipinski definition) is 5. The van der Waals surface area contributed by atoms with Crippen LogP contribution in [0.25, 0.3) is 22.4 Å². The molecule has 158 valence electrons. The van der Waals surface area contributed by atoms with E-state index >= 15 is 0 Å². The van der Waals surface area contributed by atoms with Crippen molar-refractivity contribution in [2.24, 2.45) is 7.05 Å². The van der Waals surface area contributed by atoms with Crippen LogP contribution < -0.4 is 10.9 Å². The standard InChI is InChI=1S/C22H23N7O2/c1-11-16(12(2)23-21-18(11)22(31)28-29(21)3)10-17(30)24-15-8-6-14(7-9-15)20-25-19(26-27-20)13-4-5-13/h6-9,13H,4-5,10H2,1-3H3,(H,24,30)(H,28,31)(H,25,26,27). The Morgan fingerprint density at radius 1 is 1.19 bits per heavy atom. The number of aryl methyl sites for hydroxylation is 3. The molecule has 31 heavy (non-hydrogen) atoms. The second-order valence-corrected chi connectivity index (χ2v) is 8.12. The van der Waals surface area contributed by atoms with Crippen molar-refractivity contribution in [2.45, 2.75) is 39.0 Å². The van der Waals surface area contributed by atoms with Gasteiger partial charge in [0.2, 0.25) is 5.91 Å². The Morgan fingerprint density at radius 3 is 2.65 bits per heavy atom. The third-order valence-corrected chi connectivity index (χ3v) is 5.81. The third-order valence-electron chi connectivity index (χ3n) is 5.81. The minimum absolute atomic E-state index is 0.141. The number of aromatic amines is 2. The molecule has 0 atom stereocenters. The number of benzene rings is 1. The highest BCUT2D eigenvalue weighted by molar-refractivity contribution is 5.93. The number of fused-ring (bicyclic) bond motifs is 1. The fraction of sp³-hybridized carbons (Fsp3) is 0.318. The number of H-pyrrole nitrogens is 2. The van der Waals surface area contributed by atoms with Crippen LogP contribution in [0.15, 0.2) is 29.1 Å². The lowest BCUT2D eigenvalue weighted by atomic mass is 10.0. The van der Waals surface area contributed by atoms with E-state index in [-0.39, 0.29) is 17.9 Å². The maximum absolute atomic E-state index is 12.7. The molecule has 0 radical (unpaired) electrons. The zero-order chi connectivity index (χ0) is 21.7. The minimum Gasteiger partial charge on any atom is -0.326 e. The molecule has 0 unspecified atom stereocenters. The van der Waals surface area contributed by atoms with Gasteiger partial charge in [0.1, 0.15) is 5.82 Å². The Balaban J connectivity index is 1.32. The van der Waals surface area contributed by atoms with Crippen LogP contribution in [0.4, 0.5) is 5.69 Å². The molecule has 1 aliphatic carbocycles. The summed E-state index contributed by atoms with van der Waals surface area (Å²) < 4.78 is 1.60. The predicted octanol–water partition coefficient (Wildman–Crippen LogP) is 2.72. The summed E-state index contributed by atoms with van der Waals surface area (Å²) in [5.41, 5.74) is 4.27. The van der Waals surface area contributed by atoms with Crippen molar-refractivity contribution in [2.75, 3.05) is 5.32 Å². The first-order valence-electron chi connectivity index (χ1n) is 10.3. The van der Waals surface area contributed by atoms with Crippen molar-refractivity contribution in [3.8, 4) is 11.4 Å². The SMILES string of the molecule is Cc1nc2c(c(C)c1CC(=O)Nc1ccc(-c3n[nH]c(C4CC4)n3)cc1)c(=O)[nH]n2C. The Hall–Kier alpha value is -3.75. The van der Waals surface area contributed by atoms with Gasteiger partial charge in [0.15, 0.2) is 11.5 Å². The van der Waals surface area contributed by atoms with Gasteiger partial charge in [0.05, 0.1) is 11.8 Å². The van der Waals surface area contributed by atoms with Gasteiger partial charge in [-0.15, -0.1) is 0 Å². The van der Waals surface area contributed by atoms with E-state index in [1.54, 1.807) is 11.7 Å². The number of aromatic nitrogens is 6. The van der Waals surface area contributed by atoms with Crippen LogP contribution in [0.2, 0.25) is 0 Å². The van der Waals surface area contributed by atoms with Gasteiger partial charge >= 0.3 is 0 Å². The van der Waals surface area contributed by atoms with E-state index in [2.05, 4.69) is 30.6 Å². The number of carbonyl (C=O) groups is 1. The topological polar surface area (TPSA) is 121 Å². The molecule has 5 rings (SSSR count). The Bertz CT molecular complexity index is 1360. The van der Waals surface area contributed by atoms with Crippen molar-refractivity contribution in [1.29, 1.82) is 0 Å². The molecule has 3 N–H and O–H groups in total. The van der Waals surface area contributed by atoms with Gasteiger partial charge in [-0.1, -0.05) is 0 Å². The second-order valence-electron chi connectivity index (χ2n) is 8.12. The smallest absolute Gasteiger partial charge is 0.273 e. The molecule has 4 aromatic rings. The van der Waals surface area contributed by atoms with Gasteiger partial charge in [0, 0.05) is 29.9 Å². The Morgan fingerprint density at radius 2 is 1.94 bits per heavy atom. The molecular weight excluding hydrogens is 394 g/mol. The molecule has 9 heteroatoms. The summed E-state index contributed by atoms with van der Waals surface area (Å²) in [7, 11) is 1.75. The average Bonchev–Trinajstić information content (AvgIpc) is 3.40. The van der Waals surface area contributed by atoms with Gasteiger partial charge in [-0.05, 0) is 62.1 Å². The van der Waals surface area contributed by atoms with Crippen LogP contribution in [0.1, 0.15) is 41.4 Å². The lowest BCUT2D eigenvalue weighted by Gasteiger charge is -2.11. The summed E-state index contributed by atoms with van der Waals surface area (Å²) in [6, 6.07) is 7.46. The molecule has 0 spiro atoms. The van der Waals surface area contributed by atoms with E-state index < -0.39 is 0 Å². The highest BCUT2D eigenvalue weighted by Crippen LogP contribution is 2.38. The van der Waals surface area contributed by atoms with Gasteiger partial charge in [-0.2, -0.15) is 5.10 Å². The van der Waals surface area contributed by atoms with Gasteiger partial charge in [-0.25, -0.2) is 9.97 Å². The number of amides is 1. The highest BCUT2D eigenvalue weighted by Gasteiger charge is 2.27. The van der Waals surface area contributed by atoms with Crippen LogP contribution in [0.5, 0.6) is 0 Å². The minimum atomic E-state index is -0.198. The number of pyridine rings is 1. The predicted molar refractivity (Wildman–Crippen MR) is 117 cm³/mol. The molecule has 3 aromatic heterocycles. The largest absolute Gasteiger partial charge is 0.326 e. The fourth-order valence-corrected chi connectivity index (χ4v) is 3.92. The number of hydrogen-bond donors (Lipinski definition) is 3. The molecular formula is C22H23N7O2. The molecule has 1 saturated carbocycles. The van der Waals surface area contributed by atoms with Gasteiger partial charge in [0.25, 0.3) is 5.56 Å². The summed E-state index contributed by atoms with van der Waals surface area (Å²) in [5.74, 6) is 1.97. The third kappa shape index (κ3) is 3.52. The van der Waals surface area contributed by atoms with Crippen LogP contribution in [-0.2, 0) is 18.3 Å². The molecule has 0 bridgehead atoms. The molecule has 3 heterocycles. The summed E-state index contributed by atoms with van der Waals surface area (Å²) in [6.45, 7) is 3.71. The Kier molecular flexibility index (Phi) is 4.46.